The van der Waals surface area contributed by atoms with Crippen molar-refractivity contribution in [3.05, 3.63) is 58.1 Å². The van der Waals surface area contributed by atoms with E-state index in [0.717, 1.165) is 17.2 Å². The van der Waals surface area contributed by atoms with Gasteiger partial charge in [-0.05, 0) is 67.9 Å². The molecule has 0 unspecified atom stereocenters. The first-order chi connectivity index (χ1) is 12.1. The number of methoxy groups -OCH3 is 1. The zero-order chi connectivity index (χ0) is 19.5. The predicted octanol–water partition coefficient (Wildman–Crippen LogP) is 5.55. The Labute approximate surface area is 156 Å². The van der Waals surface area contributed by atoms with Gasteiger partial charge in [0.15, 0.2) is 0 Å². The quantitative estimate of drug-likeness (QED) is 0.701. The van der Waals surface area contributed by atoms with Crippen molar-refractivity contribution in [1.29, 1.82) is 0 Å². The highest BCUT2D eigenvalue weighted by Crippen LogP contribution is 2.38. The van der Waals surface area contributed by atoms with E-state index < -0.39 is 11.7 Å². The molecule has 2 aromatic rings. The molecule has 0 atom stereocenters. The van der Waals surface area contributed by atoms with Gasteiger partial charge in [-0.3, -0.25) is 0 Å². The van der Waals surface area contributed by atoms with E-state index in [1.54, 1.807) is 19.9 Å². The van der Waals surface area contributed by atoms with Gasteiger partial charge in [-0.2, -0.15) is 13.2 Å². The third kappa shape index (κ3) is 4.66. The Morgan fingerprint density at radius 2 is 1.73 bits per heavy atom. The number of nitrogens with one attached hydrogen (secondary N) is 1. The molecule has 0 radical (unpaired) electrons. The van der Waals surface area contributed by atoms with Crippen molar-refractivity contribution in [3.63, 3.8) is 0 Å². The first-order valence-electron chi connectivity index (χ1n) is 7.88. The summed E-state index contributed by atoms with van der Waals surface area (Å²) in [5, 5.41) is 3.08. The van der Waals surface area contributed by atoms with Crippen molar-refractivity contribution in [1.82, 2.24) is 0 Å². The Morgan fingerprint density at radius 1 is 1.08 bits per heavy atom. The molecule has 2 aromatic carbocycles. The monoisotopic (exact) mass is 383 g/mol. The summed E-state index contributed by atoms with van der Waals surface area (Å²) in [6.07, 6.45) is -4.49. The van der Waals surface area contributed by atoms with Crippen molar-refractivity contribution >= 4 is 23.1 Å². The molecule has 0 aliphatic heterocycles. The second-order valence-electron chi connectivity index (χ2n) is 5.94. The van der Waals surface area contributed by atoms with Crippen LogP contribution in [-0.2, 0) is 17.5 Å². The van der Waals surface area contributed by atoms with Crippen LogP contribution in [0.4, 0.5) is 18.9 Å². The Balaban J connectivity index is 2.35. The van der Waals surface area contributed by atoms with Crippen LogP contribution >= 0.6 is 12.2 Å². The normalized spacial score (nSPS) is 11.2. The van der Waals surface area contributed by atoms with E-state index in [-0.39, 0.29) is 17.5 Å². The minimum atomic E-state index is -4.49. The number of halogens is 3. The maximum atomic E-state index is 13.3. The number of rotatable bonds is 4. The van der Waals surface area contributed by atoms with Crippen LogP contribution in [0.3, 0.4) is 0 Å². The van der Waals surface area contributed by atoms with E-state index in [0.29, 0.717) is 16.8 Å². The van der Waals surface area contributed by atoms with Gasteiger partial charge in [0, 0.05) is 11.3 Å². The minimum absolute atomic E-state index is 0.0348. The summed E-state index contributed by atoms with van der Waals surface area (Å²) in [6, 6.07) is 7.97. The van der Waals surface area contributed by atoms with E-state index in [2.05, 4.69) is 5.32 Å². The van der Waals surface area contributed by atoms with E-state index in [4.69, 9.17) is 21.7 Å². The van der Waals surface area contributed by atoms with Gasteiger partial charge in [-0.25, -0.2) is 0 Å². The average Bonchev–Trinajstić information content (AvgIpc) is 2.56. The number of aryl methyl sites for hydroxylation is 3. The molecule has 2 rings (SSSR count). The lowest BCUT2D eigenvalue weighted by Crippen LogP contribution is -2.14. The number of anilines is 1. The fourth-order valence-corrected chi connectivity index (χ4v) is 2.56. The van der Waals surface area contributed by atoms with Gasteiger partial charge in [0.25, 0.3) is 5.17 Å². The molecule has 1 N–H and O–H groups in total. The summed E-state index contributed by atoms with van der Waals surface area (Å²) in [4.78, 5) is 0. The molecule has 140 valence electrons. The lowest BCUT2D eigenvalue weighted by molar-refractivity contribution is -0.139. The maximum Gasteiger partial charge on any atom is 0.419 e. The fraction of sp³-hybridized carbons (Fsp3) is 0.316. The van der Waals surface area contributed by atoms with Crippen LogP contribution in [0.2, 0.25) is 0 Å². The molecule has 0 amide bonds. The first kappa shape index (κ1) is 20.0. The molecule has 0 heterocycles. The van der Waals surface area contributed by atoms with Crippen molar-refractivity contribution in [2.24, 2.45) is 0 Å². The second kappa shape index (κ2) is 7.95. The molecule has 0 fully saturated rings. The smallest absolute Gasteiger partial charge is 0.419 e. The Hall–Kier alpha value is -2.28. The fourth-order valence-electron chi connectivity index (χ4n) is 2.45. The van der Waals surface area contributed by atoms with Crippen LogP contribution in [0.5, 0.6) is 5.75 Å². The highest BCUT2D eigenvalue weighted by molar-refractivity contribution is 7.80. The number of hydrogen-bond acceptors (Lipinski definition) is 3. The summed E-state index contributed by atoms with van der Waals surface area (Å²) in [5.74, 6) is -0.191. The Bertz CT molecular complexity index is 819. The first-order valence-corrected chi connectivity index (χ1v) is 8.29. The summed E-state index contributed by atoms with van der Waals surface area (Å²) >= 11 is 5.00. The molecule has 0 aliphatic rings. The summed E-state index contributed by atoms with van der Waals surface area (Å²) in [5.41, 5.74) is 2.72. The van der Waals surface area contributed by atoms with Gasteiger partial charge in [-0.1, -0.05) is 12.1 Å². The van der Waals surface area contributed by atoms with Crippen LogP contribution in [-0.4, -0.2) is 12.3 Å². The number of thiocarbonyl (C=S) groups is 1. The summed E-state index contributed by atoms with van der Waals surface area (Å²) < 4.78 is 50.5. The third-order valence-corrected chi connectivity index (χ3v) is 4.37. The lowest BCUT2D eigenvalue weighted by atomic mass is 10.0. The molecule has 7 heteroatoms. The molecule has 0 aromatic heterocycles. The number of hydrogen-bond donors (Lipinski definition) is 1. The third-order valence-electron chi connectivity index (χ3n) is 4.11. The molecule has 26 heavy (non-hydrogen) atoms. The van der Waals surface area contributed by atoms with Crippen molar-refractivity contribution in [2.45, 2.75) is 33.6 Å². The average molecular weight is 383 g/mol. The van der Waals surface area contributed by atoms with Gasteiger partial charge in [0.05, 0.1) is 12.7 Å². The molecule has 0 bridgehead atoms. The van der Waals surface area contributed by atoms with E-state index in [1.807, 2.05) is 19.1 Å². The SMILES string of the molecule is COC(=S)Nc1cccc(C)c1COc1cc(C)c(C)cc1C(F)(F)F. The van der Waals surface area contributed by atoms with Crippen molar-refractivity contribution in [2.75, 3.05) is 12.4 Å². The zero-order valence-electron chi connectivity index (χ0n) is 15.0. The van der Waals surface area contributed by atoms with Crippen molar-refractivity contribution in [3.8, 4) is 5.75 Å². The number of alkyl halides is 3. The molecule has 0 saturated heterocycles. The Morgan fingerprint density at radius 3 is 2.35 bits per heavy atom. The maximum absolute atomic E-state index is 13.3. The van der Waals surface area contributed by atoms with Crippen LogP contribution in [0.15, 0.2) is 30.3 Å². The summed E-state index contributed by atoms with van der Waals surface area (Å²) in [7, 11) is 1.44. The lowest BCUT2D eigenvalue weighted by Gasteiger charge is -2.19. The van der Waals surface area contributed by atoms with Gasteiger partial charge in [0.1, 0.15) is 12.4 Å². The molecule has 0 saturated carbocycles. The molecule has 3 nitrogen and oxygen atoms in total. The predicted molar refractivity (Wildman–Crippen MR) is 99.7 cm³/mol. The number of benzene rings is 2. The molecular weight excluding hydrogens is 363 g/mol. The zero-order valence-corrected chi connectivity index (χ0v) is 15.8. The number of ether oxygens (including phenoxy) is 2. The minimum Gasteiger partial charge on any atom is -0.488 e. The Kier molecular flexibility index (Phi) is 6.13. The molecule has 0 aliphatic carbocycles. The highest BCUT2D eigenvalue weighted by Gasteiger charge is 2.35. The van der Waals surface area contributed by atoms with Crippen LogP contribution in [0.25, 0.3) is 0 Å². The van der Waals surface area contributed by atoms with E-state index in [9.17, 15) is 13.2 Å². The summed E-state index contributed by atoms with van der Waals surface area (Å²) in [6.45, 7) is 5.21. The van der Waals surface area contributed by atoms with Gasteiger partial charge in [-0.15, -0.1) is 0 Å². The standard InChI is InChI=1S/C19H20F3NO2S/c1-11-6-5-7-16(23-18(26)24-4)14(11)10-25-17-9-13(3)12(2)8-15(17)19(20,21)22/h5-9H,10H2,1-4H3,(H,23,26). The van der Waals surface area contributed by atoms with Crippen molar-refractivity contribution < 1.29 is 22.6 Å². The van der Waals surface area contributed by atoms with Crippen LogP contribution in [0, 0.1) is 20.8 Å². The van der Waals surface area contributed by atoms with Gasteiger partial charge in [0.2, 0.25) is 0 Å². The van der Waals surface area contributed by atoms with E-state index >= 15 is 0 Å². The molecule has 0 spiro atoms. The van der Waals surface area contributed by atoms with Gasteiger partial charge >= 0.3 is 6.18 Å². The highest BCUT2D eigenvalue weighted by atomic mass is 32.1. The topological polar surface area (TPSA) is 30.5 Å². The second-order valence-corrected chi connectivity index (χ2v) is 6.31. The van der Waals surface area contributed by atoms with E-state index in [1.165, 1.54) is 13.2 Å². The van der Waals surface area contributed by atoms with Crippen LogP contribution in [0.1, 0.15) is 27.8 Å². The largest absolute Gasteiger partial charge is 0.488 e. The van der Waals surface area contributed by atoms with Crippen LogP contribution < -0.4 is 10.1 Å². The van der Waals surface area contributed by atoms with Gasteiger partial charge < -0.3 is 14.8 Å². The molecular formula is C19H20F3NO2S.